The first-order valence-corrected chi connectivity index (χ1v) is 5.29. The largest absolute Gasteiger partial charge is 0.483 e. The van der Waals surface area contributed by atoms with Crippen LogP contribution in [0.4, 0.5) is 5.69 Å². The Labute approximate surface area is 88.3 Å². The molecule has 0 radical (unpaired) electrons. The fourth-order valence-electron chi connectivity index (χ4n) is 0.821. The van der Waals surface area contributed by atoms with Gasteiger partial charge in [0.05, 0.1) is 0 Å². The number of carbonyl (C=O) groups is 1. The van der Waals surface area contributed by atoms with Crippen LogP contribution in [0.15, 0.2) is 30.3 Å². The molecule has 67 valence electrons. The molecule has 1 aromatic rings. The summed E-state index contributed by atoms with van der Waals surface area (Å²) in [6.07, 6.45) is 0. The zero-order valence-electron chi connectivity index (χ0n) is 7.68. The molecule has 1 N–H and O–H groups in total. The summed E-state index contributed by atoms with van der Waals surface area (Å²) < 4.78 is 2.33. The van der Waals surface area contributed by atoms with Crippen LogP contribution in [0.25, 0.3) is 0 Å². The molecule has 0 aliphatic carbocycles. The number of hydrogen-bond acceptors (Lipinski definition) is 2. The first-order chi connectivity index (χ1) is 6.26. The van der Waals surface area contributed by atoms with Crippen LogP contribution in [0.2, 0.25) is 0 Å². The minimum atomic E-state index is -0.250. The number of para-hydroxylation sites is 1. The van der Waals surface area contributed by atoms with Gasteiger partial charge in [0.15, 0.2) is 0 Å². The minimum absolute atomic E-state index is 0.250. The van der Waals surface area contributed by atoms with E-state index in [-0.39, 0.29) is 6.47 Å². The standard InChI is InChI=1S/C8H10N.CH2O2.Zn/c1-2-9-8-6-4-3-5-7-8;2-1-3;/h3-7H,2H2,1H3;1H,(H,2,3);/q-1;;+1. The average Bonchev–Trinajstić information content (AvgIpc) is 2.19. The molecule has 0 unspecified atom stereocenters. The zero-order valence-corrected chi connectivity index (χ0v) is 10.6. The number of benzene rings is 1. The molecule has 0 saturated heterocycles. The van der Waals surface area contributed by atoms with Gasteiger partial charge >= 0.3 is 71.7 Å². The SMILES string of the molecule is CC[N]([Zn])c1ccccc1.O=CO. The summed E-state index contributed by atoms with van der Waals surface area (Å²) in [7, 11) is 0. The Morgan fingerprint density at radius 2 is 1.92 bits per heavy atom. The summed E-state index contributed by atoms with van der Waals surface area (Å²) in [5.41, 5.74) is 1.34. The van der Waals surface area contributed by atoms with Crippen molar-refractivity contribution in [2.75, 3.05) is 10.2 Å². The predicted octanol–water partition coefficient (Wildman–Crippen LogP) is 1.68. The van der Waals surface area contributed by atoms with Crippen LogP contribution in [-0.2, 0) is 23.3 Å². The normalized spacial score (nSPS) is 8.23. The Bertz CT molecular complexity index is 228. The number of anilines is 1. The van der Waals surface area contributed by atoms with Crippen molar-refractivity contribution in [2.24, 2.45) is 0 Å². The molecule has 3 nitrogen and oxygen atoms in total. The van der Waals surface area contributed by atoms with Crippen molar-refractivity contribution in [2.45, 2.75) is 6.92 Å². The van der Waals surface area contributed by atoms with Crippen LogP contribution in [0.1, 0.15) is 6.92 Å². The molecule has 0 aromatic heterocycles. The van der Waals surface area contributed by atoms with Crippen molar-refractivity contribution in [1.29, 1.82) is 0 Å². The van der Waals surface area contributed by atoms with E-state index >= 15 is 0 Å². The van der Waals surface area contributed by atoms with Crippen molar-refractivity contribution in [3.05, 3.63) is 30.3 Å². The molecule has 1 aromatic carbocycles. The number of carboxylic acid groups (broad SMARTS) is 1. The Balaban J connectivity index is 0.000000424. The third kappa shape index (κ3) is 5.37. The van der Waals surface area contributed by atoms with Gasteiger partial charge in [0.2, 0.25) is 0 Å². The maximum absolute atomic E-state index is 8.36. The quantitative estimate of drug-likeness (QED) is 0.622. The van der Waals surface area contributed by atoms with Gasteiger partial charge in [-0.1, -0.05) is 0 Å². The summed E-state index contributed by atoms with van der Waals surface area (Å²) in [5, 5.41) is 6.89. The average molecular weight is 232 g/mol. The van der Waals surface area contributed by atoms with E-state index in [2.05, 4.69) is 34.8 Å². The van der Waals surface area contributed by atoms with E-state index in [1.165, 1.54) is 24.2 Å². The van der Waals surface area contributed by atoms with E-state index in [9.17, 15) is 0 Å². The molecule has 0 bridgehead atoms. The molecule has 13 heavy (non-hydrogen) atoms. The Morgan fingerprint density at radius 1 is 1.46 bits per heavy atom. The molecular weight excluding hydrogens is 219 g/mol. The topological polar surface area (TPSA) is 40.5 Å². The van der Waals surface area contributed by atoms with E-state index in [1.807, 2.05) is 6.07 Å². The molecular formula is C9H12NO2Zn. The van der Waals surface area contributed by atoms with Crippen molar-refractivity contribution in [3.8, 4) is 0 Å². The van der Waals surface area contributed by atoms with Gasteiger partial charge in [0.1, 0.15) is 0 Å². The monoisotopic (exact) mass is 230 g/mol. The van der Waals surface area contributed by atoms with E-state index in [1.54, 1.807) is 0 Å². The zero-order chi connectivity index (χ0) is 10.1. The van der Waals surface area contributed by atoms with Gasteiger partial charge in [-0.05, 0) is 0 Å². The van der Waals surface area contributed by atoms with Gasteiger partial charge in [-0.25, -0.2) is 0 Å². The summed E-state index contributed by atoms with van der Waals surface area (Å²) in [4.78, 5) is 8.36. The van der Waals surface area contributed by atoms with Crippen LogP contribution in [0.5, 0.6) is 0 Å². The number of rotatable bonds is 2. The molecule has 0 aliphatic heterocycles. The van der Waals surface area contributed by atoms with Gasteiger partial charge in [-0.2, -0.15) is 0 Å². The van der Waals surface area contributed by atoms with Gasteiger partial charge in [0.25, 0.3) is 6.47 Å². The van der Waals surface area contributed by atoms with Gasteiger partial charge in [-0.15, -0.1) is 0 Å². The third-order valence-electron chi connectivity index (χ3n) is 1.50. The third-order valence-corrected chi connectivity index (χ3v) is 3.21. The van der Waals surface area contributed by atoms with Crippen LogP contribution in [0.3, 0.4) is 0 Å². The second kappa shape index (κ2) is 7.75. The van der Waals surface area contributed by atoms with Crippen molar-refractivity contribution in [1.82, 2.24) is 0 Å². The second-order valence-corrected chi connectivity index (χ2v) is 3.90. The summed E-state index contributed by atoms with van der Waals surface area (Å²) in [5.74, 6) is 0. The molecule has 0 saturated carbocycles. The number of hydrogen-bond donors (Lipinski definition) is 1. The van der Waals surface area contributed by atoms with E-state index in [0.717, 1.165) is 6.54 Å². The Morgan fingerprint density at radius 3 is 2.31 bits per heavy atom. The molecule has 1 rings (SSSR count). The second-order valence-electron chi connectivity index (χ2n) is 2.30. The molecule has 0 fully saturated rings. The van der Waals surface area contributed by atoms with Crippen LogP contribution >= 0.6 is 0 Å². The van der Waals surface area contributed by atoms with Crippen LogP contribution in [-0.4, -0.2) is 18.1 Å². The minimum Gasteiger partial charge on any atom is -0.483 e. The van der Waals surface area contributed by atoms with Crippen molar-refractivity contribution >= 4 is 12.2 Å². The van der Waals surface area contributed by atoms with Gasteiger partial charge in [0, 0.05) is 0 Å². The maximum atomic E-state index is 8.36. The van der Waals surface area contributed by atoms with Crippen LogP contribution in [0, 0.1) is 0 Å². The summed E-state index contributed by atoms with van der Waals surface area (Å²) in [6.45, 7) is 3.04. The molecule has 0 atom stereocenters. The predicted molar refractivity (Wildman–Crippen MR) is 48.2 cm³/mol. The summed E-state index contributed by atoms with van der Waals surface area (Å²) in [6, 6.07) is 10.5. The molecule has 0 aliphatic rings. The molecule has 0 spiro atoms. The van der Waals surface area contributed by atoms with Crippen LogP contribution < -0.4 is 3.64 Å². The van der Waals surface area contributed by atoms with E-state index < -0.39 is 0 Å². The Hall–Kier alpha value is -0.887. The Kier molecular flexibility index (Phi) is 7.22. The summed E-state index contributed by atoms with van der Waals surface area (Å²) >= 11 is 1.21. The molecule has 4 heteroatoms. The first kappa shape index (κ1) is 12.1. The number of nitrogens with zero attached hydrogens (tertiary/aromatic N) is 1. The van der Waals surface area contributed by atoms with Gasteiger partial charge in [-0.3, -0.25) is 4.79 Å². The van der Waals surface area contributed by atoms with Crippen molar-refractivity contribution in [3.63, 3.8) is 0 Å². The fourth-order valence-corrected chi connectivity index (χ4v) is 1.26. The van der Waals surface area contributed by atoms with Gasteiger partial charge < -0.3 is 5.11 Å². The van der Waals surface area contributed by atoms with E-state index in [0.29, 0.717) is 0 Å². The fraction of sp³-hybridized carbons (Fsp3) is 0.222. The first-order valence-electron chi connectivity index (χ1n) is 3.97. The van der Waals surface area contributed by atoms with E-state index in [4.69, 9.17) is 9.90 Å². The molecule has 0 amide bonds. The van der Waals surface area contributed by atoms with Crippen molar-refractivity contribution < 1.29 is 28.4 Å². The molecule has 0 heterocycles. The maximum Gasteiger partial charge on any atom is 0.290 e. The smallest absolute Gasteiger partial charge is 0.290 e.